The number of rotatable bonds is 8. The molecule has 1 aromatic carbocycles. The van der Waals surface area contributed by atoms with Crippen LogP contribution in [-0.2, 0) is 23.5 Å². The normalized spacial score (nSPS) is 11.4. The molecule has 0 amide bonds. The van der Waals surface area contributed by atoms with Crippen LogP contribution in [0.15, 0.2) is 72.0 Å². The van der Waals surface area contributed by atoms with Crippen molar-refractivity contribution in [2.24, 2.45) is 7.05 Å². The molecule has 0 saturated carbocycles. The Morgan fingerprint density at radius 2 is 1.78 bits per heavy atom. The minimum atomic E-state index is -3.61. The van der Waals surface area contributed by atoms with Crippen molar-refractivity contribution in [3.05, 3.63) is 78.6 Å². The molecular formula is C22H23N7O2S. The van der Waals surface area contributed by atoms with Gasteiger partial charge in [0.05, 0.1) is 22.5 Å². The molecule has 0 aliphatic carbocycles. The monoisotopic (exact) mass is 449 g/mol. The zero-order chi connectivity index (χ0) is 22.6. The van der Waals surface area contributed by atoms with E-state index in [-0.39, 0.29) is 11.4 Å². The second kappa shape index (κ2) is 9.25. The minimum Gasteiger partial charge on any atom is -0.330 e. The summed E-state index contributed by atoms with van der Waals surface area (Å²) in [7, 11) is -1.68. The van der Waals surface area contributed by atoms with Crippen LogP contribution in [0.1, 0.15) is 11.5 Å². The Kier molecular flexibility index (Phi) is 6.24. The molecule has 10 heteroatoms. The molecule has 164 valence electrons. The molecule has 0 unspecified atom stereocenters. The summed E-state index contributed by atoms with van der Waals surface area (Å²) < 4.78 is 29.6. The van der Waals surface area contributed by atoms with Crippen molar-refractivity contribution in [1.29, 1.82) is 0 Å². The molecule has 0 aliphatic heterocycles. The Morgan fingerprint density at radius 1 is 0.969 bits per heavy atom. The Bertz CT molecular complexity index is 1300. The van der Waals surface area contributed by atoms with Gasteiger partial charge in [-0.15, -0.1) is 0 Å². The fourth-order valence-corrected chi connectivity index (χ4v) is 4.12. The third-order valence-corrected chi connectivity index (χ3v) is 6.44. The van der Waals surface area contributed by atoms with Gasteiger partial charge in [0, 0.05) is 43.8 Å². The number of imidazole rings is 1. The van der Waals surface area contributed by atoms with E-state index in [1.165, 1.54) is 0 Å². The molecular weight excluding hydrogens is 426 g/mol. The number of pyridine rings is 1. The molecule has 32 heavy (non-hydrogen) atoms. The van der Waals surface area contributed by atoms with E-state index in [1.807, 2.05) is 42.8 Å². The van der Waals surface area contributed by atoms with Crippen LogP contribution in [0.3, 0.4) is 0 Å². The van der Waals surface area contributed by atoms with Gasteiger partial charge in [0.15, 0.2) is 0 Å². The molecule has 4 rings (SSSR count). The Labute approximate surface area is 186 Å². The maximum absolute atomic E-state index is 12.5. The van der Waals surface area contributed by atoms with Crippen molar-refractivity contribution in [2.75, 3.05) is 11.9 Å². The van der Waals surface area contributed by atoms with Gasteiger partial charge in [-0.2, -0.15) is 0 Å². The largest absolute Gasteiger partial charge is 0.330 e. The zero-order valence-electron chi connectivity index (χ0n) is 17.7. The average Bonchev–Trinajstić information content (AvgIpc) is 3.13. The van der Waals surface area contributed by atoms with Gasteiger partial charge < -0.3 is 9.88 Å². The average molecular weight is 450 g/mol. The number of aromatic nitrogens is 5. The van der Waals surface area contributed by atoms with E-state index < -0.39 is 10.0 Å². The van der Waals surface area contributed by atoms with E-state index in [1.54, 1.807) is 42.9 Å². The van der Waals surface area contributed by atoms with Gasteiger partial charge in [-0.25, -0.2) is 28.1 Å². The summed E-state index contributed by atoms with van der Waals surface area (Å²) in [6, 6.07) is 13.8. The summed E-state index contributed by atoms with van der Waals surface area (Å²) >= 11 is 0. The smallest absolute Gasteiger partial charge is 0.240 e. The third kappa shape index (κ3) is 4.98. The highest BCUT2D eigenvalue weighted by Gasteiger charge is 2.14. The molecule has 2 N–H and O–H groups in total. The first-order valence-corrected chi connectivity index (χ1v) is 11.5. The fourth-order valence-electron chi connectivity index (χ4n) is 3.09. The van der Waals surface area contributed by atoms with E-state index in [0.29, 0.717) is 18.1 Å². The van der Waals surface area contributed by atoms with Crippen LogP contribution < -0.4 is 10.0 Å². The number of nitrogens with zero attached hydrogens (tertiary/aromatic N) is 5. The van der Waals surface area contributed by atoms with Gasteiger partial charge in [0.2, 0.25) is 16.0 Å². The lowest BCUT2D eigenvalue weighted by molar-refractivity contribution is 0.581. The molecule has 0 saturated heterocycles. The quantitative estimate of drug-likeness (QED) is 0.425. The zero-order valence-corrected chi connectivity index (χ0v) is 18.5. The Morgan fingerprint density at radius 3 is 2.47 bits per heavy atom. The van der Waals surface area contributed by atoms with Gasteiger partial charge in [0.1, 0.15) is 5.82 Å². The second-order valence-corrected chi connectivity index (χ2v) is 8.90. The predicted octanol–water partition coefficient (Wildman–Crippen LogP) is 2.85. The van der Waals surface area contributed by atoms with Gasteiger partial charge >= 0.3 is 0 Å². The Balaban J connectivity index is 1.41. The van der Waals surface area contributed by atoms with Crippen LogP contribution in [0, 0.1) is 6.92 Å². The molecule has 9 nitrogen and oxygen atoms in total. The standard InChI is InChI=1S/C22H23N7O2S/c1-16-25-15-21(29(16)2)20-11-13-24-22(28-20)27-18-6-8-19(9-7-18)32(30,31)26-14-10-17-5-3-4-12-23-17/h3-9,11-13,15,26H,10,14H2,1-2H3,(H,24,27,28). The highest BCUT2D eigenvalue weighted by atomic mass is 32.2. The Hall–Kier alpha value is -3.63. The number of aryl methyl sites for hydroxylation is 1. The SMILES string of the molecule is Cc1ncc(-c2ccnc(Nc3ccc(S(=O)(=O)NCCc4ccccn4)cc3)n2)n1C. The van der Waals surface area contributed by atoms with Crippen LogP contribution in [0.4, 0.5) is 11.6 Å². The third-order valence-electron chi connectivity index (χ3n) is 4.96. The summed E-state index contributed by atoms with van der Waals surface area (Å²) in [6.07, 6.45) is 5.63. The van der Waals surface area contributed by atoms with E-state index >= 15 is 0 Å². The lowest BCUT2D eigenvalue weighted by Crippen LogP contribution is -2.26. The molecule has 0 aliphatic rings. The van der Waals surface area contributed by atoms with Crippen LogP contribution in [0.5, 0.6) is 0 Å². The van der Waals surface area contributed by atoms with Gasteiger partial charge in [-0.3, -0.25) is 4.98 Å². The summed E-state index contributed by atoms with van der Waals surface area (Å²) in [4.78, 5) is 17.5. The van der Waals surface area contributed by atoms with Crippen molar-refractivity contribution >= 4 is 21.7 Å². The van der Waals surface area contributed by atoms with Gasteiger partial charge in [-0.05, 0) is 49.4 Å². The summed E-state index contributed by atoms with van der Waals surface area (Å²) in [5.41, 5.74) is 3.13. The number of hydrogen-bond donors (Lipinski definition) is 2. The number of hydrogen-bond acceptors (Lipinski definition) is 7. The van der Waals surface area contributed by atoms with E-state index in [0.717, 1.165) is 22.9 Å². The number of anilines is 2. The maximum atomic E-state index is 12.5. The molecule has 0 atom stereocenters. The number of nitrogens with one attached hydrogen (secondary N) is 2. The van der Waals surface area contributed by atoms with Crippen molar-refractivity contribution in [3.63, 3.8) is 0 Å². The number of benzene rings is 1. The van der Waals surface area contributed by atoms with Gasteiger partial charge in [-0.1, -0.05) is 6.07 Å². The van der Waals surface area contributed by atoms with Crippen LogP contribution >= 0.6 is 0 Å². The van der Waals surface area contributed by atoms with E-state index in [4.69, 9.17) is 0 Å². The first-order valence-electron chi connectivity index (χ1n) is 10.0. The molecule has 0 radical (unpaired) electrons. The lowest BCUT2D eigenvalue weighted by atomic mass is 10.3. The first-order chi connectivity index (χ1) is 15.4. The fraction of sp³-hybridized carbons (Fsp3) is 0.182. The maximum Gasteiger partial charge on any atom is 0.240 e. The van der Waals surface area contributed by atoms with Crippen LogP contribution in [-0.4, -0.2) is 39.5 Å². The minimum absolute atomic E-state index is 0.184. The van der Waals surface area contributed by atoms with Crippen LogP contribution in [0.25, 0.3) is 11.4 Å². The molecule has 3 heterocycles. The molecule has 0 fully saturated rings. The molecule has 4 aromatic rings. The topological polar surface area (TPSA) is 115 Å². The highest BCUT2D eigenvalue weighted by Crippen LogP contribution is 2.21. The van der Waals surface area contributed by atoms with Crippen molar-refractivity contribution < 1.29 is 8.42 Å². The number of sulfonamides is 1. The predicted molar refractivity (Wildman–Crippen MR) is 122 cm³/mol. The summed E-state index contributed by atoms with van der Waals surface area (Å²) in [5.74, 6) is 1.30. The highest BCUT2D eigenvalue weighted by molar-refractivity contribution is 7.89. The van der Waals surface area contributed by atoms with E-state index in [2.05, 4.69) is 30.0 Å². The molecule has 0 bridgehead atoms. The summed E-state index contributed by atoms with van der Waals surface area (Å²) in [6.45, 7) is 2.19. The summed E-state index contributed by atoms with van der Waals surface area (Å²) in [5, 5.41) is 3.11. The van der Waals surface area contributed by atoms with Gasteiger partial charge in [0.25, 0.3) is 0 Å². The lowest BCUT2D eigenvalue weighted by Gasteiger charge is -2.09. The van der Waals surface area contributed by atoms with Crippen molar-refractivity contribution in [2.45, 2.75) is 18.2 Å². The second-order valence-electron chi connectivity index (χ2n) is 7.13. The first kappa shape index (κ1) is 21.6. The molecule has 3 aromatic heterocycles. The van der Waals surface area contributed by atoms with E-state index in [9.17, 15) is 8.42 Å². The van der Waals surface area contributed by atoms with Crippen LogP contribution in [0.2, 0.25) is 0 Å². The van der Waals surface area contributed by atoms with Crippen molar-refractivity contribution in [3.8, 4) is 11.4 Å². The molecule has 0 spiro atoms. The van der Waals surface area contributed by atoms with Crippen molar-refractivity contribution in [1.82, 2.24) is 29.2 Å².